The lowest BCUT2D eigenvalue weighted by Crippen LogP contribution is -2.36. The van der Waals surface area contributed by atoms with Crippen LogP contribution in [0.3, 0.4) is 0 Å². The number of ether oxygens (including phenoxy) is 2. The quantitative estimate of drug-likeness (QED) is 0.179. The summed E-state index contributed by atoms with van der Waals surface area (Å²) in [6.45, 7) is 1.24. The molecule has 2 unspecified atom stereocenters. The number of esters is 1. The minimum Gasteiger partial charge on any atom is -0.460 e. The van der Waals surface area contributed by atoms with E-state index in [4.69, 9.17) is 24.3 Å². The zero-order chi connectivity index (χ0) is 28.1. The fourth-order valence-electron chi connectivity index (χ4n) is 4.25. The molecule has 1 aliphatic heterocycles. The maximum absolute atomic E-state index is 14.2. The second-order valence-corrected chi connectivity index (χ2v) is 10.8. The number of para-hydroxylation sites is 1. The Balaban J connectivity index is 1.38. The fraction of sp³-hybridized carbons (Fsp3) is 0.308. The predicted molar refractivity (Wildman–Crippen MR) is 144 cm³/mol. The Labute approximate surface area is 229 Å². The Kier molecular flexibility index (Phi) is 8.38. The van der Waals surface area contributed by atoms with Crippen molar-refractivity contribution < 1.29 is 33.0 Å². The van der Waals surface area contributed by atoms with Crippen LogP contribution in [0, 0.1) is 0 Å². The molecule has 0 radical (unpaired) electrons. The molecule has 1 fully saturated rings. The summed E-state index contributed by atoms with van der Waals surface area (Å²) in [5.74, 6) is -0.212. The lowest BCUT2D eigenvalue weighted by molar-refractivity contribution is -0.146. The molecule has 4 aromatic rings. The number of imidazole rings is 1. The summed E-state index contributed by atoms with van der Waals surface area (Å²) in [6.07, 6.45) is 0.476. The van der Waals surface area contributed by atoms with E-state index in [0.29, 0.717) is 11.2 Å². The van der Waals surface area contributed by atoms with E-state index in [1.54, 1.807) is 34.9 Å². The molecule has 5 rings (SSSR count). The highest BCUT2D eigenvalue weighted by Crippen LogP contribution is 2.50. The lowest BCUT2D eigenvalue weighted by atomic mass is 10.2. The second kappa shape index (κ2) is 12.1. The van der Waals surface area contributed by atoms with Crippen molar-refractivity contribution in [3.63, 3.8) is 0 Å². The number of aliphatic hydroxyl groups is 1. The zero-order valence-corrected chi connectivity index (χ0v) is 22.5. The van der Waals surface area contributed by atoms with Crippen LogP contribution in [0.1, 0.15) is 25.1 Å². The minimum atomic E-state index is -4.25. The minimum absolute atomic E-state index is 0.0474. The summed E-state index contributed by atoms with van der Waals surface area (Å²) in [5.41, 5.74) is 7.46. The summed E-state index contributed by atoms with van der Waals surface area (Å²) in [7, 11) is -4.25. The van der Waals surface area contributed by atoms with Crippen molar-refractivity contribution >= 4 is 30.7 Å². The van der Waals surface area contributed by atoms with Crippen LogP contribution in [0.4, 0.5) is 5.82 Å². The summed E-state index contributed by atoms with van der Waals surface area (Å²) >= 11 is 0. The number of anilines is 1. The maximum Gasteiger partial charge on any atom is 0.459 e. The molecule has 40 heavy (non-hydrogen) atoms. The van der Waals surface area contributed by atoms with Gasteiger partial charge in [-0.05, 0) is 24.6 Å². The monoisotopic (exact) mass is 568 g/mol. The van der Waals surface area contributed by atoms with Gasteiger partial charge >= 0.3 is 13.7 Å². The van der Waals surface area contributed by atoms with E-state index >= 15 is 0 Å². The van der Waals surface area contributed by atoms with Gasteiger partial charge in [0.25, 0.3) is 0 Å². The molecule has 13 nitrogen and oxygen atoms in total. The van der Waals surface area contributed by atoms with E-state index in [1.165, 1.54) is 19.6 Å². The average Bonchev–Trinajstić information content (AvgIpc) is 3.57. The van der Waals surface area contributed by atoms with Crippen LogP contribution in [0.2, 0.25) is 0 Å². The van der Waals surface area contributed by atoms with Crippen molar-refractivity contribution in [2.24, 2.45) is 0 Å². The Morgan fingerprint density at radius 3 is 2.62 bits per heavy atom. The van der Waals surface area contributed by atoms with Gasteiger partial charge in [0.2, 0.25) is 0 Å². The molecule has 14 heteroatoms. The van der Waals surface area contributed by atoms with Crippen molar-refractivity contribution in [3.05, 3.63) is 78.9 Å². The number of aliphatic hydroxyl groups excluding tert-OH is 1. The Morgan fingerprint density at radius 2 is 1.90 bits per heavy atom. The van der Waals surface area contributed by atoms with E-state index < -0.39 is 38.2 Å². The summed E-state index contributed by atoms with van der Waals surface area (Å²) in [6, 6.07) is 16.5. The highest BCUT2D eigenvalue weighted by molar-refractivity contribution is 7.52. The first-order valence-electron chi connectivity index (χ1n) is 12.6. The van der Waals surface area contributed by atoms with Crippen LogP contribution < -0.4 is 15.3 Å². The molecule has 3 heterocycles. The van der Waals surface area contributed by atoms with Crippen LogP contribution in [0.15, 0.2) is 73.3 Å². The number of rotatable bonds is 11. The SMILES string of the molecule is CC(NP(=O)(Oc1ccccc1)O[C@@H]1C[C@@H](CO)O[C@H]1n1cnc2c(N)ncnc21)C(=O)OCc1ccccc1. The Morgan fingerprint density at radius 1 is 1.18 bits per heavy atom. The maximum atomic E-state index is 14.2. The number of aromatic nitrogens is 4. The predicted octanol–water partition coefficient (Wildman–Crippen LogP) is 2.98. The number of fused-ring (bicyclic) bond motifs is 1. The molecule has 0 spiro atoms. The van der Waals surface area contributed by atoms with Crippen LogP contribution in [0.5, 0.6) is 5.75 Å². The molecule has 210 valence electrons. The number of nitrogen functional groups attached to an aromatic ring is 1. The van der Waals surface area contributed by atoms with E-state index in [2.05, 4.69) is 20.0 Å². The molecule has 4 N–H and O–H groups in total. The van der Waals surface area contributed by atoms with E-state index in [9.17, 15) is 14.5 Å². The third kappa shape index (κ3) is 6.30. The van der Waals surface area contributed by atoms with Gasteiger partial charge < -0.3 is 24.8 Å². The molecule has 0 saturated carbocycles. The molecule has 0 aliphatic carbocycles. The zero-order valence-electron chi connectivity index (χ0n) is 21.6. The number of hydrogen-bond acceptors (Lipinski definition) is 11. The van der Waals surface area contributed by atoms with E-state index in [1.807, 2.05) is 30.3 Å². The molecule has 5 atom stereocenters. The van der Waals surface area contributed by atoms with Crippen LogP contribution in [-0.2, 0) is 30.0 Å². The van der Waals surface area contributed by atoms with Gasteiger partial charge in [-0.1, -0.05) is 48.5 Å². The third-order valence-corrected chi connectivity index (χ3v) is 7.89. The van der Waals surface area contributed by atoms with Crippen LogP contribution >= 0.6 is 7.75 Å². The van der Waals surface area contributed by atoms with Crippen molar-refractivity contribution in [2.75, 3.05) is 12.3 Å². The Hall–Kier alpha value is -3.87. The topological polar surface area (TPSA) is 173 Å². The first-order chi connectivity index (χ1) is 19.3. The fourth-order valence-corrected chi connectivity index (χ4v) is 5.93. The van der Waals surface area contributed by atoms with Gasteiger partial charge in [-0.15, -0.1) is 0 Å². The Bertz CT molecular complexity index is 1490. The standard InChI is InChI=1S/C26H29N6O7P/c1-17(26(34)36-14-18-8-4-2-5-9-18)31-40(35,38-19-10-6-3-7-11-19)39-21-12-20(13-33)37-25(21)32-16-30-22-23(27)28-15-29-24(22)32/h2-11,15-17,20-21,25,33H,12-14H2,1H3,(H,31,35)(H2,27,28,29)/t17?,20-,21+,25+,40?/m0/s1. The highest BCUT2D eigenvalue weighted by Gasteiger charge is 2.44. The van der Waals surface area contributed by atoms with Gasteiger partial charge in [0.15, 0.2) is 17.7 Å². The first kappa shape index (κ1) is 27.7. The van der Waals surface area contributed by atoms with Gasteiger partial charge in [0.05, 0.1) is 19.0 Å². The first-order valence-corrected chi connectivity index (χ1v) is 14.1. The molecule has 0 amide bonds. The number of carbonyl (C=O) groups is 1. The van der Waals surface area contributed by atoms with Gasteiger partial charge in [-0.25, -0.2) is 19.5 Å². The van der Waals surface area contributed by atoms with E-state index in [-0.39, 0.29) is 31.2 Å². The smallest absolute Gasteiger partial charge is 0.459 e. The van der Waals surface area contributed by atoms with Crippen LogP contribution in [0.25, 0.3) is 11.2 Å². The number of hydrogen-bond donors (Lipinski definition) is 3. The van der Waals surface area contributed by atoms with E-state index in [0.717, 1.165) is 5.56 Å². The van der Waals surface area contributed by atoms with Gasteiger partial charge in [-0.2, -0.15) is 5.09 Å². The highest BCUT2D eigenvalue weighted by atomic mass is 31.2. The number of nitrogens with two attached hydrogens (primary N) is 1. The van der Waals surface area contributed by atoms with Crippen molar-refractivity contribution in [1.29, 1.82) is 0 Å². The van der Waals surface area contributed by atoms with Gasteiger partial charge in [0.1, 0.15) is 36.3 Å². The molecule has 0 bridgehead atoms. The van der Waals surface area contributed by atoms with Gasteiger partial charge in [-0.3, -0.25) is 13.9 Å². The molecule has 2 aromatic heterocycles. The summed E-state index contributed by atoms with van der Waals surface area (Å²) in [5, 5.41) is 12.5. The summed E-state index contributed by atoms with van der Waals surface area (Å²) < 4.78 is 39.1. The molecule has 1 saturated heterocycles. The number of nitrogens with zero attached hydrogens (tertiary/aromatic N) is 4. The van der Waals surface area contributed by atoms with Crippen molar-refractivity contribution in [1.82, 2.24) is 24.6 Å². The molecule has 2 aromatic carbocycles. The second-order valence-electron chi connectivity index (χ2n) is 9.14. The number of nitrogens with one attached hydrogen (secondary N) is 1. The van der Waals surface area contributed by atoms with Crippen molar-refractivity contribution in [2.45, 2.75) is 44.4 Å². The molecule has 1 aliphatic rings. The lowest BCUT2D eigenvalue weighted by Gasteiger charge is -2.27. The molecular weight excluding hydrogens is 539 g/mol. The number of carbonyl (C=O) groups excluding carboxylic acids is 1. The number of benzene rings is 2. The van der Waals surface area contributed by atoms with Crippen molar-refractivity contribution in [3.8, 4) is 5.75 Å². The largest absolute Gasteiger partial charge is 0.460 e. The summed E-state index contributed by atoms with van der Waals surface area (Å²) in [4.78, 5) is 25.3. The van der Waals surface area contributed by atoms with Gasteiger partial charge in [0, 0.05) is 6.42 Å². The average molecular weight is 569 g/mol. The normalized spacial score (nSPS) is 21.1. The third-order valence-electron chi connectivity index (χ3n) is 6.18. The molecular formula is C26H29N6O7P. The van der Waals surface area contributed by atoms with Crippen LogP contribution in [-0.4, -0.2) is 55.5 Å².